The summed E-state index contributed by atoms with van der Waals surface area (Å²) in [5.41, 5.74) is 3.57. The lowest BCUT2D eigenvalue weighted by Crippen LogP contribution is -2.31. The van der Waals surface area contributed by atoms with Gasteiger partial charge in [-0.15, -0.1) is 0 Å². The van der Waals surface area contributed by atoms with E-state index in [0.717, 1.165) is 27.6 Å². The topological polar surface area (TPSA) is 58.2 Å². The zero-order valence-electron chi connectivity index (χ0n) is 15.6. The van der Waals surface area contributed by atoms with E-state index >= 15 is 0 Å². The van der Waals surface area contributed by atoms with Gasteiger partial charge in [0.05, 0.1) is 10.4 Å². The van der Waals surface area contributed by atoms with Crippen molar-refractivity contribution in [2.24, 2.45) is 0 Å². The zero-order chi connectivity index (χ0) is 19.2. The third kappa shape index (κ3) is 3.43. The van der Waals surface area contributed by atoms with Gasteiger partial charge in [-0.1, -0.05) is 36.4 Å². The molecule has 0 aromatic heterocycles. The molecule has 0 unspecified atom stereocenters. The maximum atomic E-state index is 12.9. The minimum atomic E-state index is -3.66. The van der Waals surface area contributed by atoms with E-state index in [1.807, 2.05) is 49.4 Å². The molecule has 138 valence electrons. The Morgan fingerprint density at radius 2 is 1.67 bits per heavy atom. The van der Waals surface area contributed by atoms with Gasteiger partial charge in [0.2, 0.25) is 0 Å². The summed E-state index contributed by atoms with van der Waals surface area (Å²) in [7, 11) is -3.66. The van der Waals surface area contributed by atoms with Crippen molar-refractivity contribution >= 4 is 37.7 Å². The number of hydrogen-bond acceptors (Lipinski definition) is 3. The highest BCUT2D eigenvalue weighted by Crippen LogP contribution is 2.35. The first-order valence-electron chi connectivity index (χ1n) is 8.87. The van der Waals surface area contributed by atoms with Gasteiger partial charge in [0.1, 0.15) is 0 Å². The smallest absolute Gasteiger partial charge is 0.261 e. The molecule has 1 aliphatic heterocycles. The van der Waals surface area contributed by atoms with Crippen molar-refractivity contribution in [3.8, 4) is 0 Å². The van der Waals surface area contributed by atoms with Gasteiger partial charge in [-0.05, 0) is 67.4 Å². The van der Waals surface area contributed by atoms with Crippen molar-refractivity contribution in [2.45, 2.75) is 31.2 Å². The van der Waals surface area contributed by atoms with Crippen LogP contribution in [0.1, 0.15) is 26.3 Å². The lowest BCUT2D eigenvalue weighted by atomic mass is 9.91. The maximum Gasteiger partial charge on any atom is 0.261 e. The van der Waals surface area contributed by atoms with Crippen molar-refractivity contribution < 1.29 is 8.42 Å². The molecule has 0 spiro atoms. The monoisotopic (exact) mass is 378 g/mol. The van der Waals surface area contributed by atoms with Gasteiger partial charge in [-0.25, -0.2) is 8.42 Å². The fraction of sp³-hybridized carbons (Fsp3) is 0.182. The number of benzene rings is 3. The number of anilines is 2. The largest absolute Gasteiger partial charge is 0.376 e. The summed E-state index contributed by atoms with van der Waals surface area (Å²) in [6.45, 7) is 6.26. The molecule has 0 bridgehead atoms. The highest BCUT2D eigenvalue weighted by atomic mass is 32.2. The van der Waals surface area contributed by atoms with Crippen LogP contribution in [0.25, 0.3) is 16.3 Å². The van der Waals surface area contributed by atoms with E-state index < -0.39 is 10.0 Å². The van der Waals surface area contributed by atoms with Crippen molar-refractivity contribution in [1.82, 2.24) is 0 Å². The molecule has 0 aliphatic carbocycles. The summed E-state index contributed by atoms with van der Waals surface area (Å²) < 4.78 is 28.4. The van der Waals surface area contributed by atoms with Crippen LogP contribution in [0.15, 0.2) is 71.6 Å². The highest BCUT2D eigenvalue weighted by Gasteiger charge is 2.23. The van der Waals surface area contributed by atoms with E-state index in [9.17, 15) is 8.42 Å². The minimum absolute atomic E-state index is 0.122. The van der Waals surface area contributed by atoms with Gasteiger partial charge in [-0.3, -0.25) is 4.72 Å². The molecule has 2 N–H and O–H groups in total. The van der Waals surface area contributed by atoms with E-state index in [0.29, 0.717) is 5.69 Å². The van der Waals surface area contributed by atoms with Crippen molar-refractivity contribution in [3.63, 3.8) is 0 Å². The first-order valence-corrected chi connectivity index (χ1v) is 10.4. The van der Waals surface area contributed by atoms with Crippen LogP contribution in [-0.2, 0) is 10.0 Å². The molecule has 0 saturated heterocycles. The third-order valence-corrected chi connectivity index (χ3v) is 6.14. The summed E-state index contributed by atoms with van der Waals surface area (Å²) in [5, 5.41) is 5.37. The van der Waals surface area contributed by atoms with Gasteiger partial charge in [0.15, 0.2) is 0 Å². The molecule has 0 amide bonds. The molecule has 4 rings (SSSR count). The molecule has 5 heteroatoms. The van der Waals surface area contributed by atoms with Crippen LogP contribution in [0.2, 0.25) is 0 Å². The Balaban J connectivity index is 1.68. The van der Waals surface area contributed by atoms with Crippen molar-refractivity contribution in [2.75, 3.05) is 10.0 Å². The van der Waals surface area contributed by atoms with Crippen molar-refractivity contribution in [1.29, 1.82) is 0 Å². The predicted molar refractivity (Wildman–Crippen MR) is 113 cm³/mol. The van der Waals surface area contributed by atoms with Gasteiger partial charge in [0.25, 0.3) is 10.0 Å². The molecule has 0 radical (unpaired) electrons. The second kappa shape index (κ2) is 6.13. The normalized spacial score (nSPS) is 15.6. The molecule has 1 aliphatic rings. The first kappa shape index (κ1) is 17.6. The average molecular weight is 378 g/mol. The van der Waals surface area contributed by atoms with Crippen LogP contribution >= 0.6 is 0 Å². The number of sulfonamides is 1. The van der Waals surface area contributed by atoms with Gasteiger partial charge in [0, 0.05) is 16.9 Å². The number of hydrogen-bond donors (Lipinski definition) is 2. The van der Waals surface area contributed by atoms with Crippen LogP contribution in [0.4, 0.5) is 11.4 Å². The van der Waals surface area contributed by atoms with Crippen LogP contribution in [0.3, 0.4) is 0 Å². The van der Waals surface area contributed by atoms with Crippen LogP contribution < -0.4 is 10.0 Å². The van der Waals surface area contributed by atoms with Gasteiger partial charge in [-0.2, -0.15) is 0 Å². The zero-order valence-corrected chi connectivity index (χ0v) is 16.4. The summed E-state index contributed by atoms with van der Waals surface area (Å²) in [4.78, 5) is 0.255. The van der Waals surface area contributed by atoms with Crippen LogP contribution in [0, 0.1) is 0 Å². The maximum absolute atomic E-state index is 12.9. The number of rotatable bonds is 3. The Labute approximate surface area is 160 Å². The molecular formula is C22H22N2O2S. The Morgan fingerprint density at radius 1 is 0.926 bits per heavy atom. The first-order chi connectivity index (χ1) is 12.7. The summed E-state index contributed by atoms with van der Waals surface area (Å²) in [6.07, 6.45) is 2.15. The summed E-state index contributed by atoms with van der Waals surface area (Å²) >= 11 is 0. The second-order valence-corrected chi connectivity index (χ2v) is 9.23. The quantitative estimate of drug-likeness (QED) is 0.654. The fourth-order valence-electron chi connectivity index (χ4n) is 3.59. The predicted octanol–water partition coefficient (Wildman–Crippen LogP) is 5.25. The SMILES string of the molecule is CC1=CC(C)(C)Nc2ccc(NS(=O)(=O)c3ccc4ccccc4c3)cc21. The lowest BCUT2D eigenvalue weighted by molar-refractivity contribution is 0.601. The third-order valence-electron chi connectivity index (χ3n) is 4.76. The standard InChI is InChI=1S/C22H22N2O2S/c1-15-14-22(2,3)23-21-11-9-18(13-20(15)21)24-27(25,26)19-10-8-16-6-4-5-7-17(16)12-19/h4-14,23-24H,1-3H3. The Hall–Kier alpha value is -2.79. The Morgan fingerprint density at radius 3 is 2.44 bits per heavy atom. The second-order valence-electron chi connectivity index (χ2n) is 7.55. The Kier molecular flexibility index (Phi) is 4.00. The molecule has 3 aromatic rings. The molecule has 0 saturated carbocycles. The lowest BCUT2D eigenvalue weighted by Gasteiger charge is -2.31. The van der Waals surface area contributed by atoms with Crippen LogP contribution in [0.5, 0.6) is 0 Å². The molecule has 0 atom stereocenters. The van der Waals surface area contributed by atoms with E-state index in [2.05, 4.69) is 30.0 Å². The van der Waals surface area contributed by atoms with E-state index in [1.165, 1.54) is 0 Å². The summed E-state index contributed by atoms with van der Waals surface area (Å²) in [6, 6.07) is 18.5. The van der Waals surface area contributed by atoms with Gasteiger partial charge < -0.3 is 5.32 Å². The van der Waals surface area contributed by atoms with E-state index in [4.69, 9.17) is 0 Å². The van der Waals surface area contributed by atoms with Crippen LogP contribution in [-0.4, -0.2) is 14.0 Å². The highest BCUT2D eigenvalue weighted by molar-refractivity contribution is 7.92. The van der Waals surface area contributed by atoms with E-state index in [-0.39, 0.29) is 10.4 Å². The molecule has 3 aromatic carbocycles. The van der Waals surface area contributed by atoms with Crippen molar-refractivity contribution in [3.05, 3.63) is 72.3 Å². The molecular weight excluding hydrogens is 356 g/mol. The number of allylic oxidation sites excluding steroid dienone is 1. The number of nitrogens with one attached hydrogen (secondary N) is 2. The fourth-order valence-corrected chi connectivity index (χ4v) is 4.68. The molecule has 0 fully saturated rings. The summed E-state index contributed by atoms with van der Waals surface area (Å²) in [5.74, 6) is 0. The molecule has 4 nitrogen and oxygen atoms in total. The van der Waals surface area contributed by atoms with E-state index in [1.54, 1.807) is 18.2 Å². The number of fused-ring (bicyclic) bond motifs is 2. The minimum Gasteiger partial charge on any atom is -0.376 e. The average Bonchev–Trinajstić information content (AvgIpc) is 2.61. The van der Waals surface area contributed by atoms with Gasteiger partial charge >= 0.3 is 0 Å². The molecule has 1 heterocycles. The molecule has 27 heavy (non-hydrogen) atoms. The Bertz CT molecular complexity index is 1180.